The molecule has 4 nitrogen and oxygen atoms in total. The average molecular weight is 255 g/mol. The van der Waals surface area contributed by atoms with Crippen molar-refractivity contribution in [2.75, 3.05) is 19.4 Å². The Morgan fingerprint density at radius 1 is 1.41 bits per heavy atom. The number of carbonyl (C=O) groups is 1. The first kappa shape index (κ1) is 14.0. The molecule has 1 amide bonds. The first-order valence-electron chi connectivity index (χ1n) is 5.24. The van der Waals surface area contributed by atoms with Crippen LogP contribution in [0.5, 0.6) is 0 Å². The van der Waals surface area contributed by atoms with E-state index in [0.717, 1.165) is 4.90 Å². The van der Waals surface area contributed by atoms with Crippen LogP contribution in [-0.4, -0.2) is 41.1 Å². The molecule has 1 aromatic rings. The molecule has 94 valence electrons. The Labute approximate surface area is 105 Å². The topological polar surface area (TPSA) is 69.6 Å². The number of carbonyl (C=O) groups excluding carboxylic acids is 1. The predicted molar refractivity (Wildman–Crippen MR) is 68.3 cm³/mol. The fourth-order valence-corrected chi connectivity index (χ4v) is 1.58. The highest BCUT2D eigenvalue weighted by molar-refractivity contribution is 7.98. The fraction of sp³-hybridized carbons (Fsp3) is 0.417. The van der Waals surface area contributed by atoms with E-state index in [1.807, 2.05) is 18.4 Å². The second-order valence-corrected chi connectivity index (χ2v) is 4.95. The molecule has 0 saturated carbocycles. The summed E-state index contributed by atoms with van der Waals surface area (Å²) >= 11 is 1.61. The van der Waals surface area contributed by atoms with Crippen LogP contribution in [0.15, 0.2) is 29.2 Å². The van der Waals surface area contributed by atoms with Crippen molar-refractivity contribution in [1.29, 1.82) is 0 Å². The number of rotatable bonds is 5. The maximum atomic E-state index is 11.7. The molecule has 1 atom stereocenters. The van der Waals surface area contributed by atoms with Crippen molar-refractivity contribution in [3.8, 4) is 0 Å². The van der Waals surface area contributed by atoms with Gasteiger partial charge >= 0.3 is 0 Å². The van der Waals surface area contributed by atoms with E-state index in [0.29, 0.717) is 5.56 Å². The van der Waals surface area contributed by atoms with E-state index in [4.69, 9.17) is 5.11 Å². The molecule has 3 N–H and O–H groups in total. The molecule has 0 spiro atoms. The van der Waals surface area contributed by atoms with Crippen LogP contribution in [0.25, 0.3) is 0 Å². The van der Waals surface area contributed by atoms with Gasteiger partial charge in [-0.1, -0.05) is 0 Å². The van der Waals surface area contributed by atoms with Crippen LogP contribution in [0.4, 0.5) is 0 Å². The van der Waals surface area contributed by atoms with Crippen LogP contribution in [-0.2, 0) is 0 Å². The number of benzene rings is 1. The van der Waals surface area contributed by atoms with Crippen molar-refractivity contribution in [2.24, 2.45) is 0 Å². The molecule has 1 unspecified atom stereocenters. The number of amides is 1. The van der Waals surface area contributed by atoms with Gasteiger partial charge < -0.3 is 15.5 Å². The van der Waals surface area contributed by atoms with Gasteiger partial charge in [0.2, 0.25) is 0 Å². The molecule has 0 saturated heterocycles. The minimum Gasteiger partial charge on any atom is -0.393 e. The zero-order valence-electron chi connectivity index (χ0n) is 9.93. The van der Waals surface area contributed by atoms with Gasteiger partial charge in [0.25, 0.3) is 5.91 Å². The van der Waals surface area contributed by atoms with Crippen LogP contribution in [0.3, 0.4) is 0 Å². The van der Waals surface area contributed by atoms with Crippen molar-refractivity contribution in [3.63, 3.8) is 0 Å². The predicted octanol–water partition coefficient (Wildman–Crippen LogP) is 0.882. The monoisotopic (exact) mass is 255 g/mol. The molecule has 0 bridgehead atoms. The van der Waals surface area contributed by atoms with Gasteiger partial charge in [-0.15, -0.1) is 11.8 Å². The minimum atomic E-state index is -1.28. The molecule has 0 radical (unpaired) electrons. The Morgan fingerprint density at radius 3 is 2.47 bits per heavy atom. The van der Waals surface area contributed by atoms with E-state index < -0.39 is 12.2 Å². The highest BCUT2D eigenvalue weighted by Gasteiger charge is 2.20. The lowest BCUT2D eigenvalue weighted by Gasteiger charge is -2.20. The second kappa shape index (κ2) is 6.05. The van der Waals surface area contributed by atoms with E-state index in [-0.39, 0.29) is 12.5 Å². The van der Waals surface area contributed by atoms with E-state index in [1.165, 1.54) is 6.92 Å². The summed E-state index contributed by atoms with van der Waals surface area (Å²) in [5.41, 5.74) is -0.744. The Bertz CT molecular complexity index is 376. The molecule has 0 aromatic heterocycles. The largest absolute Gasteiger partial charge is 0.393 e. The Hall–Kier alpha value is -1.04. The van der Waals surface area contributed by atoms with Crippen molar-refractivity contribution in [1.82, 2.24) is 5.32 Å². The average Bonchev–Trinajstić information content (AvgIpc) is 2.36. The zero-order chi connectivity index (χ0) is 12.9. The van der Waals surface area contributed by atoms with Crippen molar-refractivity contribution < 1.29 is 15.0 Å². The van der Waals surface area contributed by atoms with Crippen molar-refractivity contribution in [3.05, 3.63) is 29.8 Å². The first-order valence-corrected chi connectivity index (χ1v) is 6.46. The number of nitrogens with one attached hydrogen (secondary N) is 1. The SMILES string of the molecule is CSc1ccc(C(=O)NCC(C)(O)CO)cc1. The second-order valence-electron chi connectivity index (χ2n) is 4.07. The fourth-order valence-electron chi connectivity index (χ4n) is 1.17. The Balaban J connectivity index is 2.58. The van der Waals surface area contributed by atoms with Gasteiger partial charge in [0.05, 0.1) is 6.61 Å². The van der Waals surface area contributed by atoms with Crippen LogP contribution in [0.1, 0.15) is 17.3 Å². The van der Waals surface area contributed by atoms with E-state index in [1.54, 1.807) is 23.9 Å². The zero-order valence-corrected chi connectivity index (χ0v) is 10.8. The third-order valence-corrected chi connectivity index (χ3v) is 3.07. The number of hydrogen-bond acceptors (Lipinski definition) is 4. The summed E-state index contributed by atoms with van der Waals surface area (Å²) in [5, 5.41) is 20.9. The third-order valence-electron chi connectivity index (χ3n) is 2.32. The van der Waals surface area contributed by atoms with Crippen LogP contribution >= 0.6 is 11.8 Å². The summed E-state index contributed by atoms with van der Waals surface area (Å²) in [7, 11) is 0. The minimum absolute atomic E-state index is 0.0204. The molecule has 0 aliphatic rings. The highest BCUT2D eigenvalue weighted by atomic mass is 32.2. The summed E-state index contributed by atoms with van der Waals surface area (Å²) in [4.78, 5) is 12.8. The van der Waals surface area contributed by atoms with Crippen LogP contribution in [0, 0.1) is 0 Å². The van der Waals surface area contributed by atoms with Gasteiger partial charge in [-0.2, -0.15) is 0 Å². The number of aliphatic hydroxyl groups is 2. The molecule has 0 aliphatic carbocycles. The lowest BCUT2D eigenvalue weighted by Crippen LogP contribution is -2.43. The first-order chi connectivity index (χ1) is 7.98. The molecule has 1 rings (SSSR count). The molecule has 0 aliphatic heterocycles. The molecule has 0 heterocycles. The molecule has 5 heteroatoms. The summed E-state index contributed by atoms with van der Waals surface area (Å²) in [6.45, 7) is 1.09. The van der Waals surface area contributed by atoms with Gasteiger partial charge in [0.1, 0.15) is 5.60 Å². The maximum absolute atomic E-state index is 11.7. The van der Waals surface area contributed by atoms with Gasteiger partial charge in [-0.05, 0) is 37.4 Å². The summed E-state index contributed by atoms with van der Waals surface area (Å²) in [6, 6.07) is 7.19. The standard InChI is InChI=1S/C12H17NO3S/c1-12(16,8-14)7-13-11(15)9-3-5-10(17-2)6-4-9/h3-6,14,16H,7-8H2,1-2H3,(H,13,15). The summed E-state index contributed by atoms with van der Waals surface area (Å²) in [6.07, 6.45) is 1.97. The van der Waals surface area contributed by atoms with Crippen LogP contribution in [0.2, 0.25) is 0 Å². The maximum Gasteiger partial charge on any atom is 0.251 e. The molecule has 1 aromatic carbocycles. The molecule has 17 heavy (non-hydrogen) atoms. The van der Waals surface area contributed by atoms with Crippen molar-refractivity contribution in [2.45, 2.75) is 17.4 Å². The van der Waals surface area contributed by atoms with Gasteiger partial charge in [-0.25, -0.2) is 0 Å². The lowest BCUT2D eigenvalue weighted by atomic mass is 10.1. The van der Waals surface area contributed by atoms with E-state index in [2.05, 4.69) is 5.32 Å². The number of hydrogen-bond donors (Lipinski definition) is 3. The normalized spacial score (nSPS) is 14.1. The highest BCUT2D eigenvalue weighted by Crippen LogP contribution is 2.14. The van der Waals surface area contributed by atoms with Gasteiger partial charge in [-0.3, -0.25) is 4.79 Å². The number of thioether (sulfide) groups is 1. The number of aliphatic hydroxyl groups excluding tert-OH is 1. The Kier molecular flexibility index (Phi) is 4.99. The van der Waals surface area contributed by atoms with Crippen LogP contribution < -0.4 is 5.32 Å². The quantitative estimate of drug-likeness (QED) is 0.683. The van der Waals surface area contributed by atoms with Gasteiger partial charge in [0.15, 0.2) is 0 Å². The Morgan fingerprint density at radius 2 is 2.00 bits per heavy atom. The van der Waals surface area contributed by atoms with E-state index >= 15 is 0 Å². The third kappa shape index (κ3) is 4.38. The summed E-state index contributed by atoms with van der Waals surface area (Å²) < 4.78 is 0. The van der Waals surface area contributed by atoms with Gasteiger partial charge in [0, 0.05) is 17.0 Å². The van der Waals surface area contributed by atoms with E-state index in [9.17, 15) is 9.90 Å². The lowest BCUT2D eigenvalue weighted by molar-refractivity contribution is 0.00320. The molecular formula is C12H17NO3S. The molecular weight excluding hydrogens is 238 g/mol. The smallest absolute Gasteiger partial charge is 0.251 e. The summed E-state index contributed by atoms with van der Waals surface area (Å²) in [5.74, 6) is -0.258. The van der Waals surface area contributed by atoms with Crippen molar-refractivity contribution >= 4 is 17.7 Å². The molecule has 0 fully saturated rings.